The average Bonchev–Trinajstić information content (AvgIpc) is 2.70. The Labute approximate surface area is 169 Å². The van der Waals surface area contributed by atoms with Crippen molar-refractivity contribution in [3.63, 3.8) is 0 Å². The van der Waals surface area contributed by atoms with Crippen molar-refractivity contribution >= 4 is 17.4 Å². The van der Waals surface area contributed by atoms with Crippen LogP contribution in [-0.4, -0.2) is 31.0 Å². The Bertz CT molecular complexity index is 807. The minimum absolute atomic E-state index is 0.0171. The zero-order valence-electron chi connectivity index (χ0n) is 16.0. The molecule has 28 heavy (non-hydrogen) atoms. The van der Waals surface area contributed by atoms with Gasteiger partial charge in [-0.3, -0.25) is 14.9 Å². The average molecular weight is 406 g/mol. The normalized spacial score (nSPS) is 11.7. The maximum absolute atomic E-state index is 12.2. The van der Waals surface area contributed by atoms with E-state index in [-0.39, 0.29) is 30.0 Å². The monoisotopic (exact) mass is 405 g/mol. The molecule has 0 N–H and O–H groups in total. The Kier molecular flexibility index (Phi) is 8.26. The van der Waals surface area contributed by atoms with Gasteiger partial charge in [0.05, 0.1) is 14.2 Å². The zero-order chi connectivity index (χ0) is 20.5. The van der Waals surface area contributed by atoms with Gasteiger partial charge in [-0.1, -0.05) is 29.8 Å². The lowest BCUT2D eigenvalue weighted by atomic mass is 9.98. The van der Waals surface area contributed by atoms with Crippen LogP contribution in [0.2, 0.25) is 5.02 Å². The number of benzene rings is 2. The third kappa shape index (κ3) is 6.53. The molecule has 2 aromatic rings. The first kappa shape index (κ1) is 21.7. The number of nitrogens with zero attached hydrogens (tertiary/aromatic N) is 1. The number of halogens is 1. The van der Waals surface area contributed by atoms with Crippen molar-refractivity contribution < 1.29 is 19.2 Å². The fourth-order valence-corrected chi connectivity index (χ4v) is 3.07. The van der Waals surface area contributed by atoms with Gasteiger partial charge in [-0.25, -0.2) is 0 Å². The van der Waals surface area contributed by atoms with E-state index in [1.54, 1.807) is 37.4 Å². The topological polar surface area (TPSA) is 78.7 Å². The quantitative estimate of drug-likeness (QED) is 0.405. The van der Waals surface area contributed by atoms with E-state index in [4.69, 9.17) is 21.1 Å². The fourth-order valence-electron chi connectivity index (χ4n) is 2.94. The number of Topliss-reactive ketones (excluding diaryl/α,β-unsaturated/α-hetero) is 1. The van der Waals surface area contributed by atoms with E-state index in [1.165, 1.54) is 7.11 Å². The van der Waals surface area contributed by atoms with Crippen LogP contribution in [0, 0.1) is 10.1 Å². The number of ketones is 1. The molecule has 2 rings (SSSR count). The van der Waals surface area contributed by atoms with Gasteiger partial charge in [-0.2, -0.15) is 0 Å². The van der Waals surface area contributed by atoms with E-state index in [2.05, 4.69) is 0 Å². The molecule has 0 amide bonds. The van der Waals surface area contributed by atoms with Crippen LogP contribution < -0.4 is 9.47 Å². The zero-order valence-corrected chi connectivity index (χ0v) is 16.8. The lowest BCUT2D eigenvalue weighted by molar-refractivity contribution is -0.522. The number of nitro groups is 1. The van der Waals surface area contributed by atoms with Crippen LogP contribution in [0.3, 0.4) is 0 Å². The lowest BCUT2D eigenvalue weighted by Crippen LogP contribution is -2.23. The van der Waals surface area contributed by atoms with E-state index in [1.807, 2.05) is 12.1 Å². The second-order valence-electron chi connectivity index (χ2n) is 6.52. The number of hydrogen-bond acceptors (Lipinski definition) is 5. The standard InChI is InChI=1S/C21H24ClNO5/c1-27-20-12-6-16(21(14-20)28-2)13-18(23(25)26)9-11-19(24)10-5-15-3-7-17(22)8-4-15/h3-4,6-8,12,14,18H,5,9-11,13H2,1-2H3. The smallest absolute Gasteiger partial charge is 0.217 e. The number of methoxy groups -OCH3 is 2. The van der Waals surface area contributed by atoms with Crippen molar-refractivity contribution in [2.45, 2.75) is 38.1 Å². The Morgan fingerprint density at radius 1 is 1.11 bits per heavy atom. The van der Waals surface area contributed by atoms with Crippen molar-refractivity contribution in [2.24, 2.45) is 0 Å². The first-order valence-electron chi connectivity index (χ1n) is 9.03. The minimum Gasteiger partial charge on any atom is -0.497 e. The molecule has 0 bridgehead atoms. The molecule has 0 saturated carbocycles. The highest BCUT2D eigenvalue weighted by Gasteiger charge is 2.23. The van der Waals surface area contributed by atoms with Gasteiger partial charge in [0, 0.05) is 47.3 Å². The summed E-state index contributed by atoms with van der Waals surface area (Å²) in [5.41, 5.74) is 1.74. The van der Waals surface area contributed by atoms with Gasteiger partial charge in [-0.15, -0.1) is 0 Å². The highest BCUT2D eigenvalue weighted by molar-refractivity contribution is 6.30. The Morgan fingerprint density at radius 3 is 2.43 bits per heavy atom. The summed E-state index contributed by atoms with van der Waals surface area (Å²) in [5, 5.41) is 12.1. The molecule has 0 radical (unpaired) electrons. The van der Waals surface area contributed by atoms with E-state index in [0.29, 0.717) is 29.4 Å². The molecule has 0 spiro atoms. The number of ether oxygens (including phenoxy) is 2. The molecule has 6 nitrogen and oxygen atoms in total. The van der Waals surface area contributed by atoms with Crippen LogP contribution in [0.25, 0.3) is 0 Å². The van der Waals surface area contributed by atoms with Gasteiger partial charge in [0.15, 0.2) is 0 Å². The van der Waals surface area contributed by atoms with Crippen molar-refractivity contribution in [3.05, 3.63) is 68.7 Å². The van der Waals surface area contributed by atoms with Crippen molar-refractivity contribution in [3.8, 4) is 11.5 Å². The lowest BCUT2D eigenvalue weighted by Gasteiger charge is -2.13. The number of carbonyl (C=O) groups excluding carboxylic acids is 1. The molecule has 0 aliphatic rings. The van der Waals surface area contributed by atoms with Crippen LogP contribution in [0.4, 0.5) is 0 Å². The first-order chi connectivity index (χ1) is 13.4. The number of hydrogen-bond donors (Lipinski definition) is 0. The molecule has 0 heterocycles. The summed E-state index contributed by atoms with van der Waals surface area (Å²) in [6.07, 6.45) is 1.54. The summed E-state index contributed by atoms with van der Waals surface area (Å²) in [6.45, 7) is 0. The molecule has 2 aromatic carbocycles. The van der Waals surface area contributed by atoms with Crippen LogP contribution in [-0.2, 0) is 17.6 Å². The molecule has 7 heteroatoms. The minimum atomic E-state index is -0.846. The van der Waals surface area contributed by atoms with E-state index in [9.17, 15) is 14.9 Å². The van der Waals surface area contributed by atoms with Crippen molar-refractivity contribution in [1.29, 1.82) is 0 Å². The highest BCUT2D eigenvalue weighted by atomic mass is 35.5. The first-order valence-corrected chi connectivity index (χ1v) is 9.41. The third-order valence-electron chi connectivity index (χ3n) is 4.61. The summed E-state index contributed by atoms with van der Waals surface area (Å²) in [4.78, 5) is 23.3. The SMILES string of the molecule is COc1ccc(CC(CCC(=O)CCc2ccc(Cl)cc2)[N+](=O)[O-])c(OC)c1. The molecule has 0 aliphatic heterocycles. The van der Waals surface area contributed by atoms with Crippen LogP contribution in [0.1, 0.15) is 30.4 Å². The van der Waals surface area contributed by atoms with Gasteiger partial charge in [0.25, 0.3) is 0 Å². The summed E-state index contributed by atoms with van der Waals surface area (Å²) >= 11 is 5.85. The van der Waals surface area contributed by atoms with Crippen LogP contribution >= 0.6 is 11.6 Å². The van der Waals surface area contributed by atoms with Gasteiger partial charge >= 0.3 is 0 Å². The second-order valence-corrected chi connectivity index (χ2v) is 6.96. The molecular formula is C21H24ClNO5. The van der Waals surface area contributed by atoms with Gasteiger partial charge in [0.1, 0.15) is 17.3 Å². The number of rotatable bonds is 11. The maximum Gasteiger partial charge on any atom is 0.217 e. The van der Waals surface area contributed by atoms with Gasteiger partial charge in [-0.05, 0) is 30.2 Å². The second kappa shape index (κ2) is 10.7. The van der Waals surface area contributed by atoms with Crippen LogP contribution in [0.15, 0.2) is 42.5 Å². The molecule has 0 aromatic heterocycles. The van der Waals surface area contributed by atoms with Gasteiger partial charge < -0.3 is 9.47 Å². The Hall–Kier alpha value is -2.60. The Balaban J connectivity index is 1.91. The number of carbonyl (C=O) groups is 1. The summed E-state index contributed by atoms with van der Waals surface area (Å²) in [7, 11) is 3.06. The Morgan fingerprint density at radius 2 is 1.82 bits per heavy atom. The predicted molar refractivity (Wildman–Crippen MR) is 108 cm³/mol. The van der Waals surface area contributed by atoms with E-state index in [0.717, 1.165) is 11.1 Å². The third-order valence-corrected chi connectivity index (χ3v) is 4.86. The van der Waals surface area contributed by atoms with E-state index >= 15 is 0 Å². The molecule has 0 aliphatic carbocycles. The highest BCUT2D eigenvalue weighted by Crippen LogP contribution is 2.27. The molecule has 1 unspecified atom stereocenters. The predicted octanol–water partition coefficient (Wildman–Crippen LogP) is 4.53. The van der Waals surface area contributed by atoms with Crippen molar-refractivity contribution in [1.82, 2.24) is 0 Å². The van der Waals surface area contributed by atoms with E-state index < -0.39 is 6.04 Å². The molecular weight excluding hydrogens is 382 g/mol. The summed E-state index contributed by atoms with van der Waals surface area (Å²) in [6, 6.07) is 11.7. The fraction of sp³-hybridized carbons (Fsp3) is 0.381. The largest absolute Gasteiger partial charge is 0.497 e. The number of aryl methyl sites for hydroxylation is 1. The maximum atomic E-state index is 12.2. The molecule has 150 valence electrons. The summed E-state index contributed by atoms with van der Waals surface area (Å²) in [5.74, 6) is 1.18. The molecule has 0 saturated heterocycles. The van der Waals surface area contributed by atoms with Crippen LogP contribution in [0.5, 0.6) is 11.5 Å². The summed E-state index contributed by atoms with van der Waals surface area (Å²) < 4.78 is 10.5. The molecule has 1 atom stereocenters. The van der Waals surface area contributed by atoms with Gasteiger partial charge in [0.2, 0.25) is 6.04 Å². The molecule has 0 fully saturated rings. The van der Waals surface area contributed by atoms with Crippen molar-refractivity contribution in [2.75, 3.05) is 14.2 Å².